The normalized spacial score (nSPS) is 23.2. The van der Waals surface area contributed by atoms with Gasteiger partial charge in [0.1, 0.15) is 48.8 Å². The average molecular weight is 1260 g/mol. The molecule has 12 unspecified atom stereocenters. The van der Waals surface area contributed by atoms with E-state index in [1.807, 2.05) is 6.08 Å². The van der Waals surface area contributed by atoms with Gasteiger partial charge in [-0.05, 0) is 57.8 Å². The zero-order valence-corrected chi connectivity index (χ0v) is 57.2. The van der Waals surface area contributed by atoms with Crippen molar-refractivity contribution in [1.29, 1.82) is 0 Å². The zero-order valence-electron chi connectivity index (χ0n) is 57.2. The molecule has 14 heteroatoms. The quantitative estimate of drug-likeness (QED) is 0.0204. The highest BCUT2D eigenvalue weighted by Crippen LogP contribution is 2.30. The molecule has 0 saturated carbocycles. The minimum atomic E-state index is -1.79. The van der Waals surface area contributed by atoms with E-state index in [-0.39, 0.29) is 18.9 Å². The SMILES string of the molecule is CCCCCCCCCC/C=C\CCCCCCCCCCCCCCCCCCCCCCCCCC(=O)NC(COC1OC(CO)C(OC2OC(CO)C(O)C(O)C2O)C(O)C1O)C(O)/C=C/CC/C=C/CCCCCCCCCCCCCCCC. The Morgan fingerprint density at radius 3 is 1.10 bits per heavy atom. The number of amides is 1. The second kappa shape index (κ2) is 59.9. The number of nitrogens with one attached hydrogen (secondary N) is 1. The van der Waals surface area contributed by atoms with Gasteiger partial charge in [-0.2, -0.15) is 0 Å². The Balaban J connectivity index is 1.61. The molecule has 524 valence electrons. The average Bonchev–Trinajstić information content (AvgIpc) is 3.62. The molecule has 0 aromatic rings. The van der Waals surface area contributed by atoms with Crippen molar-refractivity contribution in [2.75, 3.05) is 19.8 Å². The molecule has 1 amide bonds. The summed E-state index contributed by atoms with van der Waals surface area (Å²) in [5.74, 6) is -0.242. The minimum Gasteiger partial charge on any atom is -0.394 e. The van der Waals surface area contributed by atoms with E-state index in [0.717, 1.165) is 32.1 Å². The summed E-state index contributed by atoms with van der Waals surface area (Å²) in [7, 11) is 0. The lowest BCUT2D eigenvalue weighted by Gasteiger charge is -2.46. The molecular weight excluding hydrogens is 1120 g/mol. The monoisotopic (exact) mass is 1260 g/mol. The third kappa shape index (κ3) is 43.7. The van der Waals surface area contributed by atoms with Crippen molar-refractivity contribution in [3.05, 3.63) is 36.5 Å². The third-order valence-corrected chi connectivity index (χ3v) is 18.5. The predicted molar refractivity (Wildman–Crippen MR) is 365 cm³/mol. The van der Waals surface area contributed by atoms with Crippen molar-refractivity contribution >= 4 is 5.91 Å². The summed E-state index contributed by atoms with van der Waals surface area (Å²) in [5.41, 5.74) is 0. The van der Waals surface area contributed by atoms with Crippen LogP contribution in [0.4, 0.5) is 0 Å². The smallest absolute Gasteiger partial charge is 0.220 e. The standard InChI is InChI=1S/C75H141NO13/c1-3-5-7-9-11-13-15-17-19-21-23-25-26-27-28-29-30-31-32-33-34-35-36-37-38-39-41-43-45-47-49-51-53-55-57-59-67(80)76-63(64(79)58-56-54-52-50-48-46-44-42-40-24-22-20-18-16-14-12-10-8-6-4-2)62-86-74-72(85)70(83)73(66(61-78)88-74)89-75-71(84)69(82)68(81)65(60-77)87-75/h21,23,48,50,56,58,63-66,68-75,77-79,81-85H,3-20,22,24-47,49,51-55,57,59-62H2,1-2H3,(H,76,80)/b23-21-,50-48+,58-56+. The van der Waals surface area contributed by atoms with Crippen LogP contribution in [-0.4, -0.2) is 140 Å². The number of ether oxygens (including phenoxy) is 4. The van der Waals surface area contributed by atoms with E-state index >= 15 is 0 Å². The number of unbranched alkanes of at least 4 members (excludes halogenated alkanes) is 46. The second-order valence-electron chi connectivity index (χ2n) is 26.8. The van der Waals surface area contributed by atoms with Crippen LogP contribution in [0.25, 0.3) is 0 Å². The molecule has 0 aromatic carbocycles. The molecule has 2 heterocycles. The van der Waals surface area contributed by atoms with E-state index in [1.54, 1.807) is 6.08 Å². The first-order valence-electron chi connectivity index (χ1n) is 37.7. The van der Waals surface area contributed by atoms with Gasteiger partial charge in [-0.3, -0.25) is 4.79 Å². The molecule has 2 aliphatic rings. The molecule has 2 fully saturated rings. The topological polar surface area (TPSA) is 228 Å². The minimum absolute atomic E-state index is 0.242. The Morgan fingerprint density at radius 2 is 0.719 bits per heavy atom. The first-order valence-corrected chi connectivity index (χ1v) is 37.7. The van der Waals surface area contributed by atoms with Crippen molar-refractivity contribution in [3.8, 4) is 0 Å². The molecule has 2 saturated heterocycles. The molecule has 0 aliphatic carbocycles. The molecule has 0 spiro atoms. The lowest BCUT2D eigenvalue weighted by atomic mass is 9.97. The number of hydrogen-bond donors (Lipinski definition) is 9. The number of aliphatic hydroxyl groups is 8. The van der Waals surface area contributed by atoms with Crippen LogP contribution in [0, 0.1) is 0 Å². The Morgan fingerprint density at radius 1 is 0.393 bits per heavy atom. The molecule has 2 rings (SSSR count). The summed E-state index contributed by atoms with van der Waals surface area (Å²) >= 11 is 0. The zero-order chi connectivity index (χ0) is 64.5. The van der Waals surface area contributed by atoms with Crippen molar-refractivity contribution in [2.24, 2.45) is 0 Å². The van der Waals surface area contributed by atoms with Crippen LogP contribution >= 0.6 is 0 Å². The first kappa shape index (κ1) is 83.3. The molecule has 2 aliphatic heterocycles. The molecular formula is C75H141NO13. The Bertz CT molecular complexity index is 1630. The maximum absolute atomic E-state index is 13.3. The summed E-state index contributed by atoms with van der Waals surface area (Å²) in [4.78, 5) is 13.3. The fraction of sp³-hybridized carbons (Fsp3) is 0.907. The Hall–Kier alpha value is -1.79. The van der Waals surface area contributed by atoms with E-state index in [0.29, 0.717) is 12.8 Å². The van der Waals surface area contributed by atoms with Gasteiger partial charge in [0.2, 0.25) is 5.91 Å². The van der Waals surface area contributed by atoms with Crippen LogP contribution < -0.4 is 5.32 Å². The van der Waals surface area contributed by atoms with Gasteiger partial charge in [-0.1, -0.05) is 314 Å². The van der Waals surface area contributed by atoms with Gasteiger partial charge < -0.3 is 65.1 Å². The van der Waals surface area contributed by atoms with Gasteiger partial charge in [-0.25, -0.2) is 0 Å². The third-order valence-electron chi connectivity index (χ3n) is 18.5. The Labute approximate surface area is 544 Å². The van der Waals surface area contributed by atoms with Gasteiger partial charge in [0.15, 0.2) is 12.6 Å². The van der Waals surface area contributed by atoms with Crippen LogP contribution in [0.2, 0.25) is 0 Å². The van der Waals surface area contributed by atoms with Crippen LogP contribution in [0.3, 0.4) is 0 Å². The van der Waals surface area contributed by atoms with Crippen molar-refractivity contribution in [3.63, 3.8) is 0 Å². The van der Waals surface area contributed by atoms with Gasteiger partial charge >= 0.3 is 0 Å². The van der Waals surface area contributed by atoms with E-state index in [1.165, 1.54) is 276 Å². The number of hydrogen-bond acceptors (Lipinski definition) is 13. The fourth-order valence-electron chi connectivity index (χ4n) is 12.5. The summed E-state index contributed by atoms with van der Waals surface area (Å²) in [6.45, 7) is 2.83. The fourth-order valence-corrected chi connectivity index (χ4v) is 12.5. The van der Waals surface area contributed by atoms with Gasteiger partial charge in [0, 0.05) is 6.42 Å². The molecule has 9 N–H and O–H groups in total. The van der Waals surface area contributed by atoms with Crippen LogP contribution in [-0.2, 0) is 23.7 Å². The maximum atomic E-state index is 13.3. The van der Waals surface area contributed by atoms with Crippen molar-refractivity contribution < 1.29 is 64.6 Å². The lowest BCUT2D eigenvalue weighted by molar-refractivity contribution is -0.359. The van der Waals surface area contributed by atoms with E-state index in [2.05, 4.69) is 43.5 Å². The summed E-state index contributed by atoms with van der Waals surface area (Å²) in [6.07, 6.45) is 60.9. The van der Waals surface area contributed by atoms with E-state index in [9.17, 15) is 45.6 Å². The second-order valence-corrected chi connectivity index (χ2v) is 26.8. The molecule has 89 heavy (non-hydrogen) atoms. The summed E-state index contributed by atoms with van der Waals surface area (Å²) in [6, 6.07) is -0.931. The number of carbonyl (C=O) groups excluding carboxylic acids is 1. The van der Waals surface area contributed by atoms with Crippen molar-refractivity contribution in [1.82, 2.24) is 5.32 Å². The number of allylic oxidation sites excluding steroid dienone is 5. The van der Waals surface area contributed by atoms with E-state index < -0.39 is 86.8 Å². The molecule has 14 nitrogen and oxygen atoms in total. The molecule has 12 atom stereocenters. The van der Waals surface area contributed by atoms with Crippen molar-refractivity contribution in [2.45, 2.75) is 415 Å². The largest absolute Gasteiger partial charge is 0.394 e. The van der Waals surface area contributed by atoms with Crippen LogP contribution in [0.1, 0.15) is 341 Å². The highest BCUT2D eigenvalue weighted by Gasteiger charge is 2.51. The number of rotatable bonds is 63. The molecule has 0 bridgehead atoms. The van der Waals surface area contributed by atoms with Crippen LogP contribution in [0.15, 0.2) is 36.5 Å². The predicted octanol–water partition coefficient (Wildman–Crippen LogP) is 16.1. The Kier molecular flexibility index (Phi) is 56.1. The maximum Gasteiger partial charge on any atom is 0.220 e. The molecule has 0 aromatic heterocycles. The number of carbonyl (C=O) groups is 1. The highest BCUT2D eigenvalue weighted by molar-refractivity contribution is 5.76. The van der Waals surface area contributed by atoms with Gasteiger partial charge in [-0.15, -0.1) is 0 Å². The van der Waals surface area contributed by atoms with Gasteiger partial charge in [0.05, 0.1) is 32.0 Å². The van der Waals surface area contributed by atoms with E-state index in [4.69, 9.17) is 18.9 Å². The van der Waals surface area contributed by atoms with Crippen LogP contribution in [0.5, 0.6) is 0 Å². The summed E-state index contributed by atoms with van der Waals surface area (Å²) < 4.78 is 22.9. The summed E-state index contributed by atoms with van der Waals surface area (Å²) in [5, 5.41) is 87.5. The first-order chi connectivity index (χ1) is 43.6. The highest BCUT2D eigenvalue weighted by atomic mass is 16.7. The van der Waals surface area contributed by atoms with Gasteiger partial charge in [0.25, 0.3) is 0 Å². The number of aliphatic hydroxyl groups excluding tert-OH is 8. The lowest BCUT2D eigenvalue weighted by Crippen LogP contribution is -2.65. The molecule has 0 radical (unpaired) electrons.